The highest BCUT2D eigenvalue weighted by molar-refractivity contribution is 5.15. The van der Waals surface area contributed by atoms with Crippen molar-refractivity contribution in [1.29, 1.82) is 0 Å². The van der Waals surface area contributed by atoms with E-state index in [-0.39, 0.29) is 0 Å². The second kappa shape index (κ2) is 2.60. The summed E-state index contributed by atoms with van der Waals surface area (Å²) in [6, 6.07) is 0. The van der Waals surface area contributed by atoms with E-state index < -0.39 is 0 Å². The molecule has 1 nitrogen and oxygen atoms in total. The van der Waals surface area contributed by atoms with Gasteiger partial charge in [-0.15, -0.1) is 0 Å². The van der Waals surface area contributed by atoms with E-state index in [1.54, 1.807) is 0 Å². The first-order chi connectivity index (χ1) is 6.33. The van der Waals surface area contributed by atoms with Crippen LogP contribution in [0.4, 0.5) is 0 Å². The molecule has 3 aliphatic rings. The molecule has 0 heterocycles. The number of rotatable bonds is 1. The Kier molecular flexibility index (Phi) is 1.61. The van der Waals surface area contributed by atoms with Crippen LogP contribution in [0.15, 0.2) is 12.2 Å². The predicted octanol–water partition coefficient (Wildman–Crippen LogP) is 2.07. The Morgan fingerprint density at radius 3 is 2.92 bits per heavy atom. The summed E-state index contributed by atoms with van der Waals surface area (Å²) in [5.74, 6) is 4.89. The van der Waals surface area contributed by atoms with Gasteiger partial charge in [0.1, 0.15) is 0 Å². The quantitative estimate of drug-likeness (QED) is 0.609. The van der Waals surface area contributed by atoms with E-state index in [2.05, 4.69) is 19.1 Å². The summed E-state index contributed by atoms with van der Waals surface area (Å²) in [4.78, 5) is 0. The third-order valence-corrected chi connectivity index (χ3v) is 4.96. The van der Waals surface area contributed by atoms with Crippen LogP contribution >= 0.6 is 0 Å². The molecule has 2 saturated carbocycles. The zero-order valence-electron chi connectivity index (χ0n) is 8.19. The number of fused-ring (bicyclic) bond motifs is 5. The second-order valence-corrected chi connectivity index (χ2v) is 5.17. The molecule has 72 valence electrons. The monoisotopic (exact) mass is 178 g/mol. The zero-order valence-corrected chi connectivity index (χ0v) is 8.19. The van der Waals surface area contributed by atoms with Gasteiger partial charge in [-0.05, 0) is 48.3 Å². The van der Waals surface area contributed by atoms with Crippen LogP contribution in [0, 0.1) is 35.5 Å². The molecule has 1 N–H and O–H groups in total. The molecule has 0 radical (unpaired) electrons. The number of hydrogen-bond donors (Lipinski definition) is 1. The van der Waals surface area contributed by atoms with Gasteiger partial charge in [0, 0.05) is 6.61 Å². The summed E-state index contributed by atoms with van der Waals surface area (Å²) in [6.07, 6.45) is 7.49. The van der Waals surface area contributed by atoms with Crippen LogP contribution in [0.25, 0.3) is 0 Å². The van der Waals surface area contributed by atoms with E-state index in [0.717, 1.165) is 29.6 Å². The van der Waals surface area contributed by atoms with Crippen molar-refractivity contribution >= 4 is 0 Å². The Morgan fingerprint density at radius 1 is 1.31 bits per heavy atom. The summed E-state index contributed by atoms with van der Waals surface area (Å²) >= 11 is 0. The minimum Gasteiger partial charge on any atom is -0.396 e. The van der Waals surface area contributed by atoms with Gasteiger partial charge in [0.25, 0.3) is 0 Å². The summed E-state index contributed by atoms with van der Waals surface area (Å²) in [5, 5.41) is 9.36. The Balaban J connectivity index is 1.90. The van der Waals surface area contributed by atoms with Gasteiger partial charge in [-0.3, -0.25) is 0 Å². The number of aliphatic hydroxyl groups excluding tert-OH is 1. The van der Waals surface area contributed by atoms with Crippen molar-refractivity contribution in [3.63, 3.8) is 0 Å². The standard InChI is InChI=1S/C12H18O/c1-7-10-5-11(12(7)6-13)9-4-2-3-8(9)10/h2-3,7-13H,4-6H2,1H3. The molecule has 0 aliphatic heterocycles. The first-order valence-electron chi connectivity index (χ1n) is 5.60. The number of allylic oxidation sites excluding steroid dienone is 2. The molecule has 0 aromatic rings. The second-order valence-electron chi connectivity index (χ2n) is 5.17. The van der Waals surface area contributed by atoms with Crippen LogP contribution < -0.4 is 0 Å². The lowest BCUT2D eigenvalue weighted by molar-refractivity contribution is 0.0835. The summed E-state index contributed by atoms with van der Waals surface area (Å²) in [7, 11) is 0. The molecule has 3 aliphatic carbocycles. The van der Waals surface area contributed by atoms with Crippen molar-refractivity contribution < 1.29 is 5.11 Å². The molecule has 0 saturated heterocycles. The van der Waals surface area contributed by atoms with Gasteiger partial charge in [-0.25, -0.2) is 0 Å². The molecule has 2 fully saturated rings. The van der Waals surface area contributed by atoms with Gasteiger partial charge in [0.05, 0.1) is 0 Å². The third-order valence-electron chi connectivity index (χ3n) is 4.96. The van der Waals surface area contributed by atoms with Gasteiger partial charge in [0.15, 0.2) is 0 Å². The highest BCUT2D eigenvalue weighted by atomic mass is 16.3. The molecule has 6 unspecified atom stereocenters. The highest BCUT2D eigenvalue weighted by Crippen LogP contribution is 2.61. The van der Waals surface area contributed by atoms with E-state index in [1.165, 1.54) is 12.8 Å². The van der Waals surface area contributed by atoms with E-state index in [9.17, 15) is 5.11 Å². The predicted molar refractivity (Wildman–Crippen MR) is 52.1 cm³/mol. The lowest BCUT2D eigenvalue weighted by Crippen LogP contribution is -2.32. The fourth-order valence-corrected chi connectivity index (χ4v) is 4.33. The average molecular weight is 178 g/mol. The van der Waals surface area contributed by atoms with Crippen LogP contribution in [-0.4, -0.2) is 11.7 Å². The molecule has 0 aromatic heterocycles. The Hall–Kier alpha value is -0.300. The molecule has 3 rings (SSSR count). The van der Waals surface area contributed by atoms with Gasteiger partial charge < -0.3 is 5.11 Å². The van der Waals surface area contributed by atoms with E-state index in [1.807, 2.05) is 0 Å². The van der Waals surface area contributed by atoms with Crippen LogP contribution in [0.2, 0.25) is 0 Å². The van der Waals surface area contributed by atoms with Crippen molar-refractivity contribution in [2.24, 2.45) is 35.5 Å². The van der Waals surface area contributed by atoms with Gasteiger partial charge in [0.2, 0.25) is 0 Å². The Labute approximate surface area is 79.8 Å². The maximum Gasteiger partial charge on any atom is 0.0464 e. The van der Waals surface area contributed by atoms with E-state index >= 15 is 0 Å². The smallest absolute Gasteiger partial charge is 0.0464 e. The van der Waals surface area contributed by atoms with Crippen LogP contribution in [0.1, 0.15) is 19.8 Å². The largest absolute Gasteiger partial charge is 0.396 e. The fourth-order valence-electron chi connectivity index (χ4n) is 4.33. The molecular weight excluding hydrogens is 160 g/mol. The molecule has 6 atom stereocenters. The number of hydrogen-bond acceptors (Lipinski definition) is 1. The minimum absolute atomic E-state index is 0.422. The van der Waals surface area contributed by atoms with E-state index in [4.69, 9.17) is 0 Å². The van der Waals surface area contributed by atoms with Crippen molar-refractivity contribution in [1.82, 2.24) is 0 Å². The van der Waals surface area contributed by atoms with Crippen LogP contribution in [0.5, 0.6) is 0 Å². The van der Waals surface area contributed by atoms with Gasteiger partial charge >= 0.3 is 0 Å². The maximum atomic E-state index is 9.36. The lowest BCUT2D eigenvalue weighted by atomic mass is 9.70. The van der Waals surface area contributed by atoms with E-state index in [0.29, 0.717) is 12.5 Å². The average Bonchev–Trinajstić information content (AvgIpc) is 2.71. The lowest BCUT2D eigenvalue weighted by Gasteiger charge is -2.35. The summed E-state index contributed by atoms with van der Waals surface area (Å²) < 4.78 is 0. The highest BCUT2D eigenvalue weighted by Gasteiger charge is 2.55. The molecule has 0 spiro atoms. The van der Waals surface area contributed by atoms with Gasteiger partial charge in [-0.1, -0.05) is 19.1 Å². The molecule has 0 aromatic carbocycles. The van der Waals surface area contributed by atoms with Crippen molar-refractivity contribution in [3.8, 4) is 0 Å². The zero-order chi connectivity index (χ0) is 9.00. The summed E-state index contributed by atoms with van der Waals surface area (Å²) in [5.41, 5.74) is 0. The Morgan fingerprint density at radius 2 is 2.15 bits per heavy atom. The SMILES string of the molecule is CC1C2CC(C1CO)C1CC=CC21. The van der Waals surface area contributed by atoms with Crippen molar-refractivity contribution in [2.75, 3.05) is 6.61 Å². The molecule has 1 heteroatoms. The Bertz CT molecular complexity index is 244. The topological polar surface area (TPSA) is 20.2 Å². The summed E-state index contributed by atoms with van der Waals surface area (Å²) in [6.45, 7) is 2.76. The first-order valence-corrected chi connectivity index (χ1v) is 5.60. The maximum absolute atomic E-state index is 9.36. The first kappa shape index (κ1) is 8.05. The van der Waals surface area contributed by atoms with Crippen molar-refractivity contribution in [2.45, 2.75) is 19.8 Å². The molecular formula is C12H18O. The molecule has 13 heavy (non-hydrogen) atoms. The normalized spacial score (nSPS) is 57.4. The molecule has 2 bridgehead atoms. The fraction of sp³-hybridized carbons (Fsp3) is 0.833. The van der Waals surface area contributed by atoms with Crippen molar-refractivity contribution in [3.05, 3.63) is 12.2 Å². The molecule has 0 amide bonds. The van der Waals surface area contributed by atoms with Gasteiger partial charge in [-0.2, -0.15) is 0 Å². The minimum atomic E-state index is 0.422. The van der Waals surface area contributed by atoms with Crippen LogP contribution in [0.3, 0.4) is 0 Å². The third kappa shape index (κ3) is 0.864. The number of aliphatic hydroxyl groups is 1. The van der Waals surface area contributed by atoms with Crippen LogP contribution in [-0.2, 0) is 0 Å².